The minimum absolute atomic E-state index is 0. The van der Waals surface area contributed by atoms with Crippen LogP contribution in [0.15, 0.2) is 51.9 Å². The molecule has 0 aliphatic carbocycles. The lowest BCUT2D eigenvalue weighted by Gasteiger charge is -2.15. The van der Waals surface area contributed by atoms with Crippen LogP contribution in [0.5, 0.6) is 11.5 Å². The Morgan fingerprint density at radius 1 is 1.04 bits per heavy atom. The fourth-order valence-corrected chi connectivity index (χ4v) is 2.77. The van der Waals surface area contributed by atoms with Gasteiger partial charge in [-0.3, -0.25) is 0 Å². The van der Waals surface area contributed by atoms with E-state index in [9.17, 15) is 0 Å². The van der Waals surface area contributed by atoms with Crippen LogP contribution >= 0.6 is 39.9 Å². The summed E-state index contributed by atoms with van der Waals surface area (Å²) in [5, 5.41) is 6.61. The number of aliphatic imine (C=N–C) groups is 1. The highest BCUT2D eigenvalue weighted by atomic mass is 127. The summed E-state index contributed by atoms with van der Waals surface area (Å²) in [4.78, 5) is 4.63. The Kier molecular flexibility index (Phi) is 10.4. The second kappa shape index (κ2) is 12.0. The highest BCUT2D eigenvalue weighted by Gasteiger charge is 2.10. The molecule has 0 heterocycles. The number of guanidine groups is 1. The average molecular weight is 534 g/mol. The first-order chi connectivity index (χ1) is 12.2. The molecule has 0 saturated heterocycles. The number of ether oxygens (including phenoxy) is 2. The highest BCUT2D eigenvalue weighted by Crippen LogP contribution is 2.33. The molecule has 0 aliphatic heterocycles. The van der Waals surface area contributed by atoms with Crippen molar-refractivity contribution in [2.24, 2.45) is 4.99 Å². The van der Waals surface area contributed by atoms with Gasteiger partial charge in [0.25, 0.3) is 0 Å². The molecule has 0 amide bonds. The molecule has 2 aromatic rings. The standard InChI is InChI=1S/C19H24BrN3O2.HI/c1-4-21-19(22-12-14-8-6-5-7-9-14)23-13-15-10-17(24-2)18(25-3)11-16(15)20;/h5-11H,4,12-13H2,1-3H3,(H2,21,22,23);1H. The highest BCUT2D eigenvalue weighted by molar-refractivity contribution is 14.0. The summed E-state index contributed by atoms with van der Waals surface area (Å²) >= 11 is 3.58. The molecule has 0 spiro atoms. The van der Waals surface area contributed by atoms with Crippen LogP contribution in [0.3, 0.4) is 0 Å². The van der Waals surface area contributed by atoms with Crippen LogP contribution in [0.2, 0.25) is 0 Å². The quantitative estimate of drug-likeness (QED) is 0.316. The number of benzene rings is 2. The fraction of sp³-hybridized carbons (Fsp3) is 0.316. The van der Waals surface area contributed by atoms with Gasteiger partial charge in [-0.2, -0.15) is 0 Å². The Labute approximate surface area is 180 Å². The molecule has 0 saturated carbocycles. The third-order valence-electron chi connectivity index (χ3n) is 3.61. The number of hydrogen-bond acceptors (Lipinski definition) is 3. The molecule has 142 valence electrons. The van der Waals surface area contributed by atoms with E-state index in [-0.39, 0.29) is 24.0 Å². The summed E-state index contributed by atoms with van der Waals surface area (Å²) < 4.78 is 11.6. The number of hydrogen-bond donors (Lipinski definition) is 2. The number of nitrogens with one attached hydrogen (secondary N) is 2. The molecule has 7 heteroatoms. The third-order valence-corrected chi connectivity index (χ3v) is 4.34. The lowest BCUT2D eigenvalue weighted by molar-refractivity contribution is 0.354. The zero-order valence-electron chi connectivity index (χ0n) is 15.2. The van der Waals surface area contributed by atoms with Crippen molar-refractivity contribution in [2.45, 2.75) is 20.0 Å². The van der Waals surface area contributed by atoms with Crippen molar-refractivity contribution in [1.82, 2.24) is 10.6 Å². The maximum atomic E-state index is 5.37. The molecule has 0 radical (unpaired) electrons. The number of nitrogens with zero attached hydrogens (tertiary/aromatic N) is 1. The average Bonchev–Trinajstić information content (AvgIpc) is 2.65. The van der Waals surface area contributed by atoms with Crippen LogP contribution in [-0.2, 0) is 13.1 Å². The van der Waals surface area contributed by atoms with Crippen LogP contribution < -0.4 is 20.1 Å². The molecular weight excluding hydrogens is 509 g/mol. The summed E-state index contributed by atoms with van der Waals surface area (Å²) in [5.41, 5.74) is 2.23. The van der Waals surface area contributed by atoms with Crippen LogP contribution in [0.1, 0.15) is 18.1 Å². The summed E-state index contributed by atoms with van der Waals surface area (Å²) in [6, 6.07) is 14.0. The molecule has 0 aliphatic rings. The van der Waals surface area contributed by atoms with Gasteiger partial charge in [-0.05, 0) is 30.2 Å². The number of methoxy groups -OCH3 is 2. The maximum Gasteiger partial charge on any atom is 0.191 e. The molecule has 0 bridgehead atoms. The van der Waals surface area contributed by atoms with Crippen LogP contribution in [0, 0.1) is 0 Å². The van der Waals surface area contributed by atoms with E-state index in [2.05, 4.69) is 43.7 Å². The third kappa shape index (κ3) is 6.68. The molecule has 26 heavy (non-hydrogen) atoms. The molecule has 0 fully saturated rings. The lowest BCUT2D eigenvalue weighted by Crippen LogP contribution is -2.36. The van der Waals surface area contributed by atoms with Gasteiger partial charge in [0.2, 0.25) is 0 Å². The largest absolute Gasteiger partial charge is 0.493 e. The van der Waals surface area contributed by atoms with Crippen molar-refractivity contribution in [1.29, 1.82) is 0 Å². The van der Waals surface area contributed by atoms with E-state index >= 15 is 0 Å². The van der Waals surface area contributed by atoms with E-state index in [0.717, 1.165) is 22.5 Å². The Balaban J connectivity index is 0.00000338. The van der Waals surface area contributed by atoms with E-state index < -0.39 is 0 Å². The second-order valence-corrected chi connectivity index (χ2v) is 6.19. The van der Waals surface area contributed by atoms with Crippen LogP contribution in [0.4, 0.5) is 0 Å². The van der Waals surface area contributed by atoms with E-state index in [4.69, 9.17) is 9.47 Å². The monoisotopic (exact) mass is 533 g/mol. The fourth-order valence-electron chi connectivity index (χ4n) is 2.31. The zero-order chi connectivity index (χ0) is 18.1. The smallest absolute Gasteiger partial charge is 0.191 e. The van der Waals surface area contributed by atoms with Crippen molar-refractivity contribution in [3.05, 3.63) is 58.1 Å². The van der Waals surface area contributed by atoms with Gasteiger partial charge in [0.15, 0.2) is 17.5 Å². The number of halogens is 2. The normalized spacial score (nSPS) is 10.7. The van der Waals surface area contributed by atoms with Crippen molar-refractivity contribution in [3.8, 4) is 11.5 Å². The molecule has 0 aromatic heterocycles. The van der Waals surface area contributed by atoms with Gasteiger partial charge in [0, 0.05) is 17.6 Å². The topological polar surface area (TPSA) is 54.9 Å². The van der Waals surface area contributed by atoms with Crippen molar-refractivity contribution < 1.29 is 9.47 Å². The summed E-state index contributed by atoms with van der Waals surface area (Å²) in [6.45, 7) is 4.09. The molecule has 0 atom stereocenters. The maximum absolute atomic E-state index is 5.37. The molecule has 0 unspecified atom stereocenters. The molecular formula is C19H25BrIN3O2. The van der Waals surface area contributed by atoms with Gasteiger partial charge in [0.1, 0.15) is 0 Å². The zero-order valence-corrected chi connectivity index (χ0v) is 19.1. The van der Waals surface area contributed by atoms with Gasteiger partial charge < -0.3 is 20.1 Å². The van der Waals surface area contributed by atoms with Gasteiger partial charge in [-0.25, -0.2) is 4.99 Å². The van der Waals surface area contributed by atoms with Gasteiger partial charge in [-0.15, -0.1) is 24.0 Å². The lowest BCUT2D eigenvalue weighted by atomic mass is 10.2. The summed E-state index contributed by atoms with van der Waals surface area (Å²) in [7, 11) is 3.26. The van der Waals surface area contributed by atoms with E-state index in [1.807, 2.05) is 37.3 Å². The van der Waals surface area contributed by atoms with Crippen LogP contribution in [-0.4, -0.2) is 26.7 Å². The van der Waals surface area contributed by atoms with Gasteiger partial charge >= 0.3 is 0 Å². The van der Waals surface area contributed by atoms with Crippen molar-refractivity contribution >= 4 is 45.9 Å². The number of rotatable bonds is 7. The molecule has 2 N–H and O–H groups in total. The molecule has 2 rings (SSSR count). The predicted molar refractivity (Wildman–Crippen MR) is 121 cm³/mol. The van der Waals surface area contributed by atoms with E-state index in [0.29, 0.717) is 24.6 Å². The van der Waals surface area contributed by atoms with Gasteiger partial charge in [0.05, 0.1) is 20.8 Å². The van der Waals surface area contributed by atoms with Crippen molar-refractivity contribution in [3.63, 3.8) is 0 Å². The Morgan fingerprint density at radius 2 is 1.69 bits per heavy atom. The predicted octanol–water partition coefficient (Wildman–Crippen LogP) is 4.34. The van der Waals surface area contributed by atoms with Crippen LogP contribution in [0.25, 0.3) is 0 Å². The minimum atomic E-state index is 0. The van der Waals surface area contributed by atoms with E-state index in [1.165, 1.54) is 5.56 Å². The first-order valence-corrected chi connectivity index (χ1v) is 8.93. The summed E-state index contributed by atoms with van der Waals surface area (Å²) in [6.07, 6.45) is 0. The van der Waals surface area contributed by atoms with E-state index in [1.54, 1.807) is 14.2 Å². The van der Waals surface area contributed by atoms with Crippen molar-refractivity contribution in [2.75, 3.05) is 20.8 Å². The Bertz CT molecular complexity index is 711. The second-order valence-electron chi connectivity index (χ2n) is 5.33. The van der Waals surface area contributed by atoms with Gasteiger partial charge in [-0.1, -0.05) is 46.3 Å². The molecule has 5 nitrogen and oxygen atoms in total. The first-order valence-electron chi connectivity index (χ1n) is 8.14. The summed E-state index contributed by atoms with van der Waals surface area (Å²) in [5.74, 6) is 2.17. The first kappa shape index (κ1) is 22.6. The SMILES string of the molecule is CCNC(=NCc1ccccc1)NCc1cc(OC)c(OC)cc1Br.I. The Hall–Kier alpha value is -1.48. The Morgan fingerprint density at radius 3 is 2.31 bits per heavy atom. The minimum Gasteiger partial charge on any atom is -0.493 e. The molecule has 2 aromatic carbocycles.